The summed E-state index contributed by atoms with van der Waals surface area (Å²) < 4.78 is 10.8. The van der Waals surface area contributed by atoms with Gasteiger partial charge in [0.1, 0.15) is 11.5 Å². The predicted molar refractivity (Wildman–Crippen MR) is 114 cm³/mol. The Morgan fingerprint density at radius 1 is 1.19 bits per heavy atom. The van der Waals surface area contributed by atoms with E-state index < -0.39 is 6.09 Å². The molecular formula is C22H26N4O5. The minimum atomic E-state index is -0.913. The number of hydrogen-bond acceptors (Lipinski definition) is 5. The van der Waals surface area contributed by atoms with Gasteiger partial charge >= 0.3 is 12.1 Å². The number of carboxylic acid groups (broad SMARTS) is 1. The number of benzene rings is 1. The minimum Gasteiger partial charge on any atom is -0.497 e. The first-order valence-electron chi connectivity index (χ1n) is 10.2. The van der Waals surface area contributed by atoms with Crippen molar-refractivity contribution in [2.45, 2.75) is 32.0 Å². The topological polar surface area (TPSA) is 95.4 Å². The van der Waals surface area contributed by atoms with Gasteiger partial charge in [0.05, 0.1) is 38.7 Å². The third-order valence-corrected chi connectivity index (χ3v) is 5.95. The van der Waals surface area contributed by atoms with Crippen molar-refractivity contribution in [2.24, 2.45) is 0 Å². The molecule has 0 unspecified atom stereocenters. The zero-order chi connectivity index (χ0) is 22.0. The molecule has 3 heterocycles. The third-order valence-electron chi connectivity index (χ3n) is 5.95. The molecule has 1 saturated heterocycles. The standard InChI is InChI=1S/C22H26N4O5/c1-30-17-6-5-15(20(12-17)31-2)13-26-19-4-3-9-23-18(19)14-25(21(26)27)16-7-10-24(11-8-16)22(28)29/h3-6,9,12,16H,7-8,10-11,13-14H2,1-2H3,(H,28,29). The molecule has 1 aromatic heterocycles. The van der Waals surface area contributed by atoms with Crippen LogP contribution in [0.25, 0.3) is 0 Å². The first kappa shape index (κ1) is 20.8. The maximum absolute atomic E-state index is 13.6. The van der Waals surface area contributed by atoms with Crippen LogP contribution in [0.3, 0.4) is 0 Å². The molecule has 4 rings (SSSR count). The molecule has 2 aliphatic rings. The summed E-state index contributed by atoms with van der Waals surface area (Å²) in [6.45, 7) is 1.59. The molecule has 2 aliphatic heterocycles. The average molecular weight is 426 g/mol. The normalized spacial score (nSPS) is 16.8. The van der Waals surface area contributed by atoms with Gasteiger partial charge in [-0.2, -0.15) is 0 Å². The van der Waals surface area contributed by atoms with Gasteiger partial charge in [-0.25, -0.2) is 9.59 Å². The number of piperidine rings is 1. The number of hydrogen-bond donors (Lipinski definition) is 1. The number of urea groups is 1. The Kier molecular flexibility index (Phi) is 5.83. The molecule has 0 spiro atoms. The minimum absolute atomic E-state index is 0.0291. The van der Waals surface area contributed by atoms with Crippen LogP contribution in [-0.2, 0) is 13.1 Å². The van der Waals surface area contributed by atoms with Gasteiger partial charge in [0.15, 0.2) is 0 Å². The molecule has 3 amide bonds. The molecule has 9 heteroatoms. The smallest absolute Gasteiger partial charge is 0.407 e. The third kappa shape index (κ3) is 4.08. The van der Waals surface area contributed by atoms with Crippen molar-refractivity contribution in [1.82, 2.24) is 14.8 Å². The summed E-state index contributed by atoms with van der Waals surface area (Å²) in [5, 5.41) is 9.22. The van der Waals surface area contributed by atoms with Crippen LogP contribution in [-0.4, -0.2) is 65.4 Å². The molecule has 0 aliphatic carbocycles. The molecule has 1 fully saturated rings. The summed E-state index contributed by atoms with van der Waals surface area (Å²) in [6, 6.07) is 9.13. The quantitative estimate of drug-likeness (QED) is 0.789. The van der Waals surface area contributed by atoms with E-state index in [0.29, 0.717) is 50.5 Å². The van der Waals surface area contributed by atoms with Gasteiger partial charge in [0.25, 0.3) is 0 Å². The number of rotatable bonds is 5. The van der Waals surface area contributed by atoms with Crippen molar-refractivity contribution in [3.63, 3.8) is 0 Å². The number of carbonyl (C=O) groups excluding carboxylic acids is 1. The lowest BCUT2D eigenvalue weighted by Crippen LogP contribution is -2.54. The van der Waals surface area contributed by atoms with E-state index in [1.165, 1.54) is 4.90 Å². The first-order chi connectivity index (χ1) is 15.0. The number of fused-ring (bicyclic) bond motifs is 1. The Bertz CT molecular complexity index is 974. The van der Waals surface area contributed by atoms with Crippen molar-refractivity contribution in [3.8, 4) is 11.5 Å². The first-order valence-corrected chi connectivity index (χ1v) is 10.2. The van der Waals surface area contributed by atoms with Crippen LogP contribution in [0.4, 0.5) is 15.3 Å². The zero-order valence-electron chi connectivity index (χ0n) is 17.7. The van der Waals surface area contributed by atoms with Crippen LogP contribution in [0.1, 0.15) is 24.1 Å². The number of amides is 3. The van der Waals surface area contributed by atoms with E-state index in [9.17, 15) is 14.7 Å². The number of methoxy groups -OCH3 is 2. The summed E-state index contributed by atoms with van der Waals surface area (Å²) in [5.74, 6) is 1.32. The largest absolute Gasteiger partial charge is 0.497 e. The summed E-state index contributed by atoms with van der Waals surface area (Å²) >= 11 is 0. The molecule has 0 bridgehead atoms. The van der Waals surface area contributed by atoms with Gasteiger partial charge < -0.3 is 24.4 Å². The second kappa shape index (κ2) is 8.71. The van der Waals surface area contributed by atoms with Crippen LogP contribution in [0.2, 0.25) is 0 Å². The van der Waals surface area contributed by atoms with E-state index in [2.05, 4.69) is 4.98 Å². The van der Waals surface area contributed by atoms with Crippen molar-refractivity contribution in [1.29, 1.82) is 0 Å². The molecule has 0 atom stereocenters. The molecule has 2 aromatic rings. The maximum Gasteiger partial charge on any atom is 0.407 e. The lowest BCUT2D eigenvalue weighted by molar-refractivity contribution is 0.102. The van der Waals surface area contributed by atoms with Crippen molar-refractivity contribution in [3.05, 3.63) is 47.8 Å². The monoisotopic (exact) mass is 426 g/mol. The fourth-order valence-electron chi connectivity index (χ4n) is 4.24. The van der Waals surface area contributed by atoms with Gasteiger partial charge in [0.2, 0.25) is 0 Å². The van der Waals surface area contributed by atoms with E-state index in [1.54, 1.807) is 31.4 Å². The van der Waals surface area contributed by atoms with Gasteiger partial charge in [0, 0.05) is 37.0 Å². The predicted octanol–water partition coefficient (Wildman–Crippen LogP) is 3.18. The Labute approximate surface area is 180 Å². The average Bonchev–Trinajstić information content (AvgIpc) is 2.80. The highest BCUT2D eigenvalue weighted by molar-refractivity contribution is 5.94. The summed E-state index contributed by atoms with van der Waals surface area (Å²) in [4.78, 5) is 34.2. The van der Waals surface area contributed by atoms with E-state index >= 15 is 0 Å². The second-order valence-corrected chi connectivity index (χ2v) is 7.64. The van der Waals surface area contributed by atoms with Crippen LogP contribution < -0.4 is 14.4 Å². The van der Waals surface area contributed by atoms with Crippen molar-refractivity contribution >= 4 is 17.8 Å². The maximum atomic E-state index is 13.6. The lowest BCUT2D eigenvalue weighted by atomic mass is 10.0. The van der Waals surface area contributed by atoms with E-state index in [4.69, 9.17) is 9.47 Å². The van der Waals surface area contributed by atoms with Gasteiger partial charge in [-0.3, -0.25) is 9.88 Å². The molecule has 1 aromatic carbocycles. The number of aromatic nitrogens is 1. The molecular weight excluding hydrogens is 400 g/mol. The Morgan fingerprint density at radius 3 is 2.65 bits per heavy atom. The number of anilines is 1. The number of pyridine rings is 1. The van der Waals surface area contributed by atoms with Crippen LogP contribution in [0.15, 0.2) is 36.5 Å². The van der Waals surface area contributed by atoms with E-state index in [0.717, 1.165) is 16.9 Å². The number of carbonyl (C=O) groups is 2. The number of likely N-dealkylation sites (tertiary alicyclic amines) is 1. The summed E-state index contributed by atoms with van der Waals surface area (Å²) in [6.07, 6.45) is 2.04. The second-order valence-electron chi connectivity index (χ2n) is 7.64. The zero-order valence-corrected chi connectivity index (χ0v) is 17.7. The summed E-state index contributed by atoms with van der Waals surface area (Å²) in [7, 11) is 3.19. The highest BCUT2D eigenvalue weighted by Crippen LogP contribution is 2.34. The highest BCUT2D eigenvalue weighted by Gasteiger charge is 2.37. The molecule has 9 nitrogen and oxygen atoms in total. The molecule has 0 saturated carbocycles. The van der Waals surface area contributed by atoms with Crippen molar-refractivity contribution in [2.75, 3.05) is 32.2 Å². The Morgan fingerprint density at radius 2 is 1.97 bits per heavy atom. The van der Waals surface area contributed by atoms with Crippen LogP contribution in [0, 0.1) is 0 Å². The fourth-order valence-corrected chi connectivity index (χ4v) is 4.24. The molecule has 164 valence electrons. The number of nitrogens with zero attached hydrogens (tertiary/aromatic N) is 4. The highest BCUT2D eigenvalue weighted by atomic mass is 16.5. The van der Waals surface area contributed by atoms with Crippen molar-refractivity contribution < 1.29 is 24.2 Å². The fraction of sp³-hybridized carbons (Fsp3) is 0.409. The number of ether oxygens (including phenoxy) is 2. The molecule has 1 N–H and O–H groups in total. The Hall–Kier alpha value is -3.49. The SMILES string of the molecule is COc1ccc(CN2C(=O)N(C3CCN(C(=O)O)CC3)Cc3ncccc32)c(OC)c1. The lowest BCUT2D eigenvalue weighted by Gasteiger charge is -2.43. The van der Waals surface area contributed by atoms with E-state index in [1.807, 2.05) is 29.2 Å². The van der Waals surface area contributed by atoms with Crippen LogP contribution in [0.5, 0.6) is 11.5 Å². The van der Waals surface area contributed by atoms with Gasteiger partial charge in [-0.1, -0.05) is 0 Å². The van der Waals surface area contributed by atoms with Crippen LogP contribution >= 0.6 is 0 Å². The van der Waals surface area contributed by atoms with Gasteiger partial charge in [-0.05, 0) is 37.1 Å². The van der Waals surface area contributed by atoms with Gasteiger partial charge in [-0.15, -0.1) is 0 Å². The summed E-state index contributed by atoms with van der Waals surface area (Å²) in [5.41, 5.74) is 2.47. The van der Waals surface area contributed by atoms with E-state index in [-0.39, 0.29) is 12.1 Å². The molecule has 0 radical (unpaired) electrons. The Balaban J connectivity index is 1.61. The molecule has 31 heavy (non-hydrogen) atoms.